The number of nitrogens with zero attached hydrogens (tertiary/aromatic N) is 1. The lowest BCUT2D eigenvalue weighted by molar-refractivity contribution is -0.0343. The van der Waals surface area contributed by atoms with Crippen LogP contribution in [0.3, 0.4) is 0 Å². The van der Waals surface area contributed by atoms with Crippen molar-refractivity contribution in [3.63, 3.8) is 0 Å². The molecule has 11 heavy (non-hydrogen) atoms. The van der Waals surface area contributed by atoms with Crippen molar-refractivity contribution >= 4 is 0 Å². The van der Waals surface area contributed by atoms with Crippen molar-refractivity contribution in [2.75, 3.05) is 6.54 Å². The largest absolute Gasteiger partial charge is 0.289 e. The van der Waals surface area contributed by atoms with Crippen molar-refractivity contribution in [1.82, 2.24) is 5.06 Å². The molecule has 1 aliphatic carbocycles. The van der Waals surface area contributed by atoms with Crippen molar-refractivity contribution in [2.24, 2.45) is 0 Å². The van der Waals surface area contributed by atoms with Crippen LogP contribution in [0.4, 0.5) is 0 Å². The predicted octanol–water partition coefficient (Wildman–Crippen LogP) is 2.08. The molecule has 2 nitrogen and oxygen atoms in total. The van der Waals surface area contributed by atoms with E-state index in [1.807, 2.05) is 6.08 Å². The van der Waals surface area contributed by atoms with Gasteiger partial charge in [-0.25, -0.2) is 0 Å². The van der Waals surface area contributed by atoms with Gasteiger partial charge >= 0.3 is 0 Å². The van der Waals surface area contributed by atoms with Crippen LogP contribution < -0.4 is 0 Å². The molecule has 1 heterocycles. The third-order valence-electron chi connectivity index (χ3n) is 2.43. The van der Waals surface area contributed by atoms with Gasteiger partial charge in [0.2, 0.25) is 0 Å². The molecule has 1 N–H and O–H groups in total. The maximum Gasteiger partial charge on any atom is 0.0662 e. The van der Waals surface area contributed by atoms with Crippen LogP contribution in [-0.4, -0.2) is 16.8 Å². The third-order valence-corrected chi connectivity index (χ3v) is 2.43. The summed E-state index contributed by atoms with van der Waals surface area (Å²) in [4.78, 5) is 0. The Hall–Kier alpha value is -0.760. The number of allylic oxidation sites excluding steroid dienone is 2. The van der Waals surface area contributed by atoms with E-state index in [4.69, 9.17) is 5.21 Å². The minimum atomic E-state index is 0.728. The topological polar surface area (TPSA) is 23.5 Å². The third kappa shape index (κ3) is 1.31. The highest BCUT2D eigenvalue weighted by Gasteiger charge is 2.15. The lowest BCUT2D eigenvalue weighted by Gasteiger charge is -2.25. The molecular weight excluding hydrogens is 138 g/mol. The number of hydrogen-bond acceptors (Lipinski definition) is 2. The van der Waals surface area contributed by atoms with Gasteiger partial charge in [-0.2, -0.15) is 0 Å². The zero-order valence-corrected chi connectivity index (χ0v) is 6.58. The van der Waals surface area contributed by atoms with E-state index in [0.29, 0.717) is 0 Å². The van der Waals surface area contributed by atoms with E-state index in [2.05, 4.69) is 0 Å². The molecule has 0 spiro atoms. The van der Waals surface area contributed by atoms with Gasteiger partial charge in [-0.1, -0.05) is 0 Å². The molecule has 0 saturated carbocycles. The minimum Gasteiger partial charge on any atom is -0.289 e. The molecule has 2 rings (SSSR count). The number of hydroxylamine groups is 2. The molecule has 2 aliphatic rings. The maximum atomic E-state index is 9.16. The van der Waals surface area contributed by atoms with Gasteiger partial charge < -0.3 is 0 Å². The Morgan fingerprint density at radius 1 is 1.27 bits per heavy atom. The highest BCUT2D eigenvalue weighted by molar-refractivity contribution is 5.31. The monoisotopic (exact) mass is 151 g/mol. The molecule has 1 aliphatic heterocycles. The van der Waals surface area contributed by atoms with E-state index >= 15 is 0 Å². The van der Waals surface area contributed by atoms with Gasteiger partial charge in [0.05, 0.1) is 6.54 Å². The quantitative estimate of drug-likeness (QED) is 0.573. The lowest BCUT2D eigenvalue weighted by Crippen LogP contribution is -2.21. The number of rotatable bonds is 0. The van der Waals surface area contributed by atoms with E-state index in [1.54, 1.807) is 6.20 Å². The summed E-state index contributed by atoms with van der Waals surface area (Å²) in [6, 6.07) is 0. The van der Waals surface area contributed by atoms with Crippen LogP contribution in [0, 0.1) is 0 Å². The van der Waals surface area contributed by atoms with Crippen molar-refractivity contribution in [2.45, 2.75) is 25.7 Å². The summed E-state index contributed by atoms with van der Waals surface area (Å²) in [6.45, 7) is 0.728. The van der Waals surface area contributed by atoms with E-state index < -0.39 is 0 Å². The molecule has 0 aromatic carbocycles. The first-order valence-corrected chi connectivity index (χ1v) is 4.21. The van der Waals surface area contributed by atoms with Crippen LogP contribution in [0.5, 0.6) is 0 Å². The molecule has 60 valence electrons. The zero-order valence-electron chi connectivity index (χ0n) is 6.58. The Bertz CT molecular complexity index is 218. The second-order valence-corrected chi connectivity index (χ2v) is 3.25. The molecule has 0 bridgehead atoms. The van der Waals surface area contributed by atoms with Gasteiger partial charge in [0.1, 0.15) is 0 Å². The number of hydrogen-bond donors (Lipinski definition) is 1. The lowest BCUT2D eigenvalue weighted by atomic mass is 9.90. The second-order valence-electron chi connectivity index (χ2n) is 3.25. The highest BCUT2D eigenvalue weighted by atomic mass is 16.5. The average Bonchev–Trinajstić information content (AvgIpc) is 2.04. The smallest absolute Gasteiger partial charge is 0.0662 e. The Morgan fingerprint density at radius 3 is 3.00 bits per heavy atom. The summed E-state index contributed by atoms with van der Waals surface area (Å²) < 4.78 is 0. The van der Waals surface area contributed by atoms with Crippen molar-refractivity contribution in [3.8, 4) is 0 Å². The SMILES string of the molecule is ON1C=CC2=C(CCCC2)C1. The molecular formula is C9H13NO. The van der Waals surface area contributed by atoms with Crippen molar-refractivity contribution in [3.05, 3.63) is 23.4 Å². The van der Waals surface area contributed by atoms with Crippen LogP contribution in [0.2, 0.25) is 0 Å². The first kappa shape index (κ1) is 6.92. The summed E-state index contributed by atoms with van der Waals surface area (Å²) in [5.41, 5.74) is 2.89. The fraction of sp³-hybridized carbons (Fsp3) is 0.556. The zero-order chi connectivity index (χ0) is 7.68. The van der Waals surface area contributed by atoms with Gasteiger partial charge in [0.25, 0.3) is 0 Å². The summed E-state index contributed by atoms with van der Waals surface area (Å²) in [6.07, 6.45) is 8.79. The van der Waals surface area contributed by atoms with Gasteiger partial charge in [-0.15, -0.1) is 0 Å². The summed E-state index contributed by atoms with van der Waals surface area (Å²) in [7, 11) is 0. The molecule has 0 unspecified atom stereocenters. The van der Waals surface area contributed by atoms with Gasteiger partial charge in [-0.3, -0.25) is 10.3 Å². The molecule has 2 heteroatoms. The minimum absolute atomic E-state index is 0.728. The molecule has 0 radical (unpaired) electrons. The maximum absolute atomic E-state index is 9.16. The standard InChI is InChI=1S/C9H13NO/c11-10-6-5-8-3-1-2-4-9(8)7-10/h5-6,11H,1-4,7H2. The molecule has 0 atom stereocenters. The normalized spacial score (nSPS) is 23.9. The predicted molar refractivity (Wildman–Crippen MR) is 43.1 cm³/mol. The average molecular weight is 151 g/mol. The first-order valence-electron chi connectivity index (χ1n) is 4.21. The van der Waals surface area contributed by atoms with Crippen molar-refractivity contribution < 1.29 is 5.21 Å². The molecule has 0 aromatic rings. The van der Waals surface area contributed by atoms with E-state index in [1.165, 1.54) is 41.9 Å². The van der Waals surface area contributed by atoms with Gasteiger partial charge in [-0.05, 0) is 42.9 Å². The molecule has 0 fully saturated rings. The molecule has 0 aromatic heterocycles. The van der Waals surface area contributed by atoms with Gasteiger partial charge in [0, 0.05) is 6.20 Å². The Balaban J connectivity index is 2.20. The fourth-order valence-corrected chi connectivity index (χ4v) is 1.80. The van der Waals surface area contributed by atoms with Crippen molar-refractivity contribution in [1.29, 1.82) is 0 Å². The van der Waals surface area contributed by atoms with E-state index in [0.717, 1.165) is 6.54 Å². The van der Waals surface area contributed by atoms with Crippen LogP contribution in [0.1, 0.15) is 25.7 Å². The molecule has 0 saturated heterocycles. The van der Waals surface area contributed by atoms with Crippen LogP contribution >= 0.6 is 0 Å². The summed E-state index contributed by atoms with van der Waals surface area (Å²) >= 11 is 0. The van der Waals surface area contributed by atoms with E-state index in [-0.39, 0.29) is 0 Å². The summed E-state index contributed by atoms with van der Waals surface area (Å²) in [5, 5.41) is 10.4. The van der Waals surface area contributed by atoms with Crippen LogP contribution in [0.15, 0.2) is 23.4 Å². The second kappa shape index (κ2) is 2.70. The van der Waals surface area contributed by atoms with Crippen LogP contribution in [0.25, 0.3) is 0 Å². The van der Waals surface area contributed by atoms with Crippen LogP contribution in [-0.2, 0) is 0 Å². The first-order chi connectivity index (χ1) is 5.36. The Kier molecular flexibility index (Phi) is 1.70. The summed E-state index contributed by atoms with van der Waals surface area (Å²) in [5.74, 6) is 0. The fourth-order valence-electron chi connectivity index (χ4n) is 1.80. The Morgan fingerprint density at radius 2 is 2.09 bits per heavy atom. The molecule has 0 amide bonds. The van der Waals surface area contributed by atoms with Gasteiger partial charge in [0.15, 0.2) is 0 Å². The highest BCUT2D eigenvalue weighted by Crippen LogP contribution is 2.28. The van der Waals surface area contributed by atoms with E-state index in [9.17, 15) is 0 Å². The Labute approximate surface area is 66.8 Å².